The van der Waals surface area contributed by atoms with Crippen LogP contribution in [0, 0.1) is 3.70 Å². The number of nitrogens with zero attached hydrogens (tertiary/aromatic N) is 2. The van der Waals surface area contributed by atoms with E-state index in [0.29, 0.717) is 14.6 Å². The molecule has 0 aliphatic carbocycles. The fourth-order valence-electron chi connectivity index (χ4n) is 2.56. The van der Waals surface area contributed by atoms with Crippen LogP contribution in [-0.2, 0) is 18.1 Å². The average Bonchev–Trinajstić information content (AvgIpc) is 2.95. The van der Waals surface area contributed by atoms with E-state index in [4.69, 9.17) is 18.1 Å². The molecule has 0 fully saturated rings. The highest BCUT2D eigenvalue weighted by atomic mass is 127. The Labute approximate surface area is 181 Å². The van der Waals surface area contributed by atoms with E-state index in [9.17, 15) is 0 Å². The van der Waals surface area contributed by atoms with Crippen LogP contribution >= 0.6 is 108 Å². The normalized spacial score (nSPS) is 28.5. The summed E-state index contributed by atoms with van der Waals surface area (Å²) in [7, 11) is 15.6. The fraction of sp³-hybridized carbons (Fsp3) is 0.625. The molecule has 0 N–H and O–H groups in total. The molecule has 0 radical (unpaired) electrons. The Bertz CT molecular complexity index is 555. The molecule has 13 unspecified atom stereocenters. The van der Waals surface area contributed by atoms with Gasteiger partial charge in [-0.15, -0.1) is 8.93 Å². The summed E-state index contributed by atoms with van der Waals surface area (Å²) in [4.78, 5) is 4.57. The molecule has 1 aromatic heterocycles. The average molecular weight is 646 g/mol. The SMILES string of the molecule is POC1c2ncc(I)n2C(COP(P)PP)C(OP(P)P)C1OPP. The van der Waals surface area contributed by atoms with E-state index >= 15 is 0 Å². The number of halogens is 1. The van der Waals surface area contributed by atoms with Gasteiger partial charge in [-0.25, -0.2) is 4.98 Å². The topological polar surface area (TPSA) is 54.7 Å². The molecular formula is C8H21IN2O4P10. The maximum absolute atomic E-state index is 6.29. The van der Waals surface area contributed by atoms with Crippen molar-refractivity contribution in [2.75, 3.05) is 6.61 Å². The first-order valence-electron chi connectivity index (χ1n) is 6.74. The van der Waals surface area contributed by atoms with Crippen LogP contribution in [0.2, 0.25) is 0 Å². The number of aromatic nitrogens is 2. The maximum atomic E-state index is 6.29. The summed E-state index contributed by atoms with van der Waals surface area (Å²) in [6.07, 6.45) is 1.09. The lowest BCUT2D eigenvalue weighted by Gasteiger charge is -2.42. The Kier molecular flexibility index (Phi) is 13.0. The van der Waals surface area contributed by atoms with Gasteiger partial charge in [-0.1, -0.05) is 35.7 Å². The van der Waals surface area contributed by atoms with Crippen LogP contribution in [-0.4, -0.2) is 28.4 Å². The third-order valence-electron chi connectivity index (χ3n) is 3.47. The van der Waals surface area contributed by atoms with Gasteiger partial charge in [0.05, 0.1) is 33.9 Å². The zero-order valence-electron chi connectivity index (χ0n) is 12.9. The molecular weight excluding hydrogens is 625 g/mol. The summed E-state index contributed by atoms with van der Waals surface area (Å²) in [5.74, 6) is 0.847. The zero-order chi connectivity index (χ0) is 18.6. The predicted octanol–water partition coefficient (Wildman–Crippen LogP) is 5.61. The molecule has 2 heterocycles. The van der Waals surface area contributed by atoms with E-state index in [-0.39, 0.29) is 32.8 Å². The largest absolute Gasteiger partial charge is 0.352 e. The summed E-state index contributed by atoms with van der Waals surface area (Å²) in [5, 5.41) is 0. The second-order valence-electron chi connectivity index (χ2n) is 4.81. The van der Waals surface area contributed by atoms with Gasteiger partial charge in [-0.05, 0) is 30.5 Å². The van der Waals surface area contributed by atoms with Crippen LogP contribution in [0.25, 0.3) is 0 Å². The standard InChI is InChI=1S/C8H21IN2O4P10/c9-4-1-10-8-7(13-16)6(14-22-17)5(15-24(19)20)3(11(4)8)2-12-25(21)23-18/h1,3,5-7,22-23H,2,16-21H2. The van der Waals surface area contributed by atoms with Crippen molar-refractivity contribution >= 4 is 108 Å². The monoisotopic (exact) mass is 646 g/mol. The van der Waals surface area contributed by atoms with Crippen LogP contribution < -0.4 is 0 Å². The first-order valence-corrected chi connectivity index (χ1v) is 22.0. The van der Waals surface area contributed by atoms with Gasteiger partial charge < -0.3 is 22.7 Å². The molecule has 13 atom stereocenters. The van der Waals surface area contributed by atoms with Crippen molar-refractivity contribution in [3.8, 4) is 0 Å². The van der Waals surface area contributed by atoms with Gasteiger partial charge in [0.15, 0.2) is 0 Å². The molecule has 2 rings (SSSR count). The molecule has 1 aliphatic heterocycles. The lowest BCUT2D eigenvalue weighted by atomic mass is 9.96. The summed E-state index contributed by atoms with van der Waals surface area (Å²) >= 11 is 2.29. The first kappa shape index (κ1) is 25.3. The zero-order valence-corrected chi connectivity index (χ0v) is 25.7. The minimum atomic E-state index is -0.732. The number of hydrogen-bond donors (Lipinski definition) is 0. The van der Waals surface area contributed by atoms with Crippen LogP contribution in [0.4, 0.5) is 0 Å². The third-order valence-corrected chi connectivity index (χ3v) is 15.2. The van der Waals surface area contributed by atoms with Gasteiger partial charge in [-0.2, -0.15) is 0 Å². The molecule has 1 aromatic rings. The van der Waals surface area contributed by atoms with Gasteiger partial charge in [0.2, 0.25) is 0 Å². The summed E-state index contributed by atoms with van der Waals surface area (Å²) in [5.41, 5.74) is 0. The summed E-state index contributed by atoms with van der Waals surface area (Å²) in [6.45, 7) is 0.544. The Hall–Kier alpha value is 4.08. The van der Waals surface area contributed by atoms with E-state index in [2.05, 4.69) is 86.3 Å². The summed E-state index contributed by atoms with van der Waals surface area (Å²) < 4.78 is 27.3. The Morgan fingerprint density at radius 2 is 2.00 bits per heavy atom. The van der Waals surface area contributed by atoms with E-state index < -0.39 is 15.1 Å². The van der Waals surface area contributed by atoms with E-state index in [1.54, 1.807) is 0 Å². The second-order valence-corrected chi connectivity index (χ2v) is 21.7. The lowest BCUT2D eigenvalue weighted by molar-refractivity contribution is -0.0572. The van der Waals surface area contributed by atoms with Crippen molar-refractivity contribution in [3.63, 3.8) is 0 Å². The molecule has 0 saturated carbocycles. The highest BCUT2D eigenvalue weighted by molar-refractivity contribution is 14.1. The molecule has 144 valence electrons. The first-order chi connectivity index (χ1) is 11.9. The lowest BCUT2D eigenvalue weighted by Crippen LogP contribution is -2.48. The smallest absolute Gasteiger partial charge is 0.148 e. The van der Waals surface area contributed by atoms with E-state index in [0.717, 1.165) is 9.53 Å². The molecule has 25 heavy (non-hydrogen) atoms. The highest BCUT2D eigenvalue weighted by Crippen LogP contribution is 2.67. The van der Waals surface area contributed by atoms with E-state index in [1.165, 1.54) is 0 Å². The Morgan fingerprint density at radius 3 is 2.56 bits per heavy atom. The molecule has 0 amide bonds. The van der Waals surface area contributed by atoms with Crippen molar-refractivity contribution in [1.82, 2.24) is 9.55 Å². The molecule has 17 heteroatoms. The van der Waals surface area contributed by atoms with Gasteiger partial charge >= 0.3 is 0 Å². The second kappa shape index (κ2) is 12.8. The third kappa shape index (κ3) is 6.78. The molecule has 1 aliphatic rings. The number of fused-ring (bicyclic) bond motifs is 1. The van der Waals surface area contributed by atoms with E-state index in [1.807, 2.05) is 6.20 Å². The number of imidazole rings is 1. The minimum absolute atomic E-state index is 0.0230. The summed E-state index contributed by atoms with van der Waals surface area (Å²) in [6, 6.07) is -0.0230. The molecule has 0 spiro atoms. The predicted molar refractivity (Wildman–Crippen MR) is 142 cm³/mol. The fourth-order valence-corrected chi connectivity index (χ4v) is 7.61. The van der Waals surface area contributed by atoms with Crippen molar-refractivity contribution in [2.24, 2.45) is 0 Å². The molecule has 0 aromatic carbocycles. The highest BCUT2D eigenvalue weighted by Gasteiger charge is 2.47. The molecule has 0 bridgehead atoms. The van der Waals surface area contributed by atoms with Gasteiger partial charge in [0.25, 0.3) is 0 Å². The Balaban J connectivity index is 2.42. The molecule has 6 nitrogen and oxygen atoms in total. The van der Waals surface area contributed by atoms with Crippen LogP contribution in [0.15, 0.2) is 6.20 Å². The maximum Gasteiger partial charge on any atom is 0.148 e. The van der Waals surface area contributed by atoms with Crippen molar-refractivity contribution in [3.05, 3.63) is 15.7 Å². The number of rotatable bonds is 9. The van der Waals surface area contributed by atoms with Crippen molar-refractivity contribution < 1.29 is 18.1 Å². The van der Waals surface area contributed by atoms with Crippen LogP contribution in [0.5, 0.6) is 0 Å². The van der Waals surface area contributed by atoms with Crippen LogP contribution in [0.3, 0.4) is 0 Å². The van der Waals surface area contributed by atoms with Crippen LogP contribution in [0.1, 0.15) is 18.0 Å². The quantitative estimate of drug-likeness (QED) is 0.258. The van der Waals surface area contributed by atoms with Gasteiger partial charge in [-0.3, -0.25) is 0 Å². The number of hydrogen-bond acceptors (Lipinski definition) is 5. The Morgan fingerprint density at radius 1 is 1.28 bits per heavy atom. The van der Waals surface area contributed by atoms with Gasteiger partial charge in [0.1, 0.15) is 27.8 Å². The van der Waals surface area contributed by atoms with Gasteiger partial charge in [0, 0.05) is 18.0 Å². The molecule has 0 saturated heterocycles. The minimum Gasteiger partial charge on any atom is -0.352 e. The van der Waals surface area contributed by atoms with Crippen molar-refractivity contribution in [2.45, 2.75) is 24.4 Å². The van der Waals surface area contributed by atoms with Crippen molar-refractivity contribution in [1.29, 1.82) is 0 Å².